The van der Waals surface area contributed by atoms with E-state index in [9.17, 15) is 22.0 Å². The van der Waals surface area contributed by atoms with E-state index in [2.05, 4.69) is 20.1 Å². The average molecular weight is 300 g/mol. The molecule has 0 saturated carbocycles. The van der Waals surface area contributed by atoms with E-state index < -0.39 is 24.6 Å². The van der Waals surface area contributed by atoms with Crippen molar-refractivity contribution < 1.29 is 26.7 Å². The fourth-order valence-electron chi connectivity index (χ4n) is 1.10. The van der Waals surface area contributed by atoms with Crippen molar-refractivity contribution >= 4 is 5.82 Å². The van der Waals surface area contributed by atoms with Crippen LogP contribution in [-0.2, 0) is 0 Å². The summed E-state index contributed by atoms with van der Waals surface area (Å²) in [5, 5.41) is 0. The Morgan fingerprint density at radius 1 is 1.25 bits per heavy atom. The van der Waals surface area contributed by atoms with Crippen LogP contribution >= 0.6 is 0 Å². The fourth-order valence-corrected chi connectivity index (χ4v) is 1.10. The van der Waals surface area contributed by atoms with E-state index in [1.807, 2.05) is 0 Å². The minimum atomic E-state index is -5.68. The van der Waals surface area contributed by atoms with Gasteiger partial charge in [-0.15, -0.1) is 0 Å². The largest absolute Gasteiger partial charge is 0.471 e. The van der Waals surface area contributed by atoms with Gasteiger partial charge in [-0.1, -0.05) is 13.8 Å². The van der Waals surface area contributed by atoms with Crippen LogP contribution in [0, 0.1) is 0 Å². The Bertz CT molecular complexity index is 463. The lowest BCUT2D eigenvalue weighted by Gasteiger charge is -2.19. The molecule has 1 heterocycles. The van der Waals surface area contributed by atoms with Gasteiger partial charge in [0.1, 0.15) is 11.6 Å². The number of hydrazine groups is 1. The third-order valence-electron chi connectivity index (χ3n) is 2.20. The van der Waals surface area contributed by atoms with Crippen molar-refractivity contribution in [3.8, 4) is 5.88 Å². The summed E-state index contributed by atoms with van der Waals surface area (Å²) in [5.41, 5.74) is 2.15. The van der Waals surface area contributed by atoms with E-state index >= 15 is 0 Å². The minimum Gasteiger partial charge on any atom is -0.471 e. The number of ether oxygens (including phenoxy) is 1. The number of rotatable bonds is 5. The van der Waals surface area contributed by atoms with Gasteiger partial charge in [0.15, 0.2) is 6.61 Å². The van der Waals surface area contributed by atoms with Crippen LogP contribution in [0.5, 0.6) is 5.88 Å². The first-order valence-corrected chi connectivity index (χ1v) is 5.50. The molecule has 114 valence electrons. The molecule has 10 heteroatoms. The van der Waals surface area contributed by atoms with Crippen LogP contribution in [0.4, 0.5) is 27.8 Å². The number of nitrogens with one attached hydrogen (secondary N) is 1. The number of aromatic nitrogens is 2. The Hall–Kier alpha value is -1.71. The van der Waals surface area contributed by atoms with E-state index in [0.29, 0.717) is 0 Å². The topological polar surface area (TPSA) is 73.1 Å². The molecule has 0 fully saturated rings. The number of nitrogens with zero attached hydrogens (tertiary/aromatic N) is 2. The molecule has 1 aromatic heterocycles. The van der Waals surface area contributed by atoms with Crippen LogP contribution in [0.2, 0.25) is 0 Å². The monoisotopic (exact) mass is 300 g/mol. The predicted octanol–water partition coefficient (Wildman–Crippen LogP) is 2.46. The quantitative estimate of drug-likeness (QED) is 0.496. The number of halogens is 5. The van der Waals surface area contributed by atoms with Crippen molar-refractivity contribution in [2.75, 3.05) is 12.0 Å². The van der Waals surface area contributed by atoms with E-state index in [0.717, 1.165) is 6.07 Å². The summed E-state index contributed by atoms with van der Waals surface area (Å²) in [6.45, 7) is 1.56. The molecule has 0 aromatic carbocycles. The van der Waals surface area contributed by atoms with Gasteiger partial charge in [-0.2, -0.15) is 26.9 Å². The Morgan fingerprint density at radius 2 is 1.85 bits per heavy atom. The van der Waals surface area contributed by atoms with Gasteiger partial charge in [0.05, 0.1) is 0 Å². The maximum absolute atomic E-state index is 12.7. The van der Waals surface area contributed by atoms with E-state index in [-0.39, 0.29) is 17.6 Å². The van der Waals surface area contributed by atoms with E-state index in [1.54, 1.807) is 13.8 Å². The van der Waals surface area contributed by atoms with Gasteiger partial charge in [-0.05, 0) is 0 Å². The summed E-state index contributed by atoms with van der Waals surface area (Å²) < 4.78 is 65.8. The molecule has 0 atom stereocenters. The first-order valence-electron chi connectivity index (χ1n) is 5.50. The van der Waals surface area contributed by atoms with Gasteiger partial charge in [0, 0.05) is 12.0 Å². The lowest BCUT2D eigenvalue weighted by atomic mass is 10.2. The Kier molecular flexibility index (Phi) is 4.69. The second kappa shape index (κ2) is 5.73. The summed E-state index contributed by atoms with van der Waals surface area (Å²) in [7, 11) is 0. The van der Waals surface area contributed by atoms with Crippen molar-refractivity contribution in [3.63, 3.8) is 0 Å². The SMILES string of the molecule is CC(C)c1nc(NN)cc(OCC(F)(F)C(F)(F)F)n1. The summed E-state index contributed by atoms with van der Waals surface area (Å²) in [6.07, 6.45) is -5.68. The number of hydrogen-bond donors (Lipinski definition) is 2. The lowest BCUT2D eigenvalue weighted by Crippen LogP contribution is -2.41. The molecule has 20 heavy (non-hydrogen) atoms. The molecule has 0 aliphatic carbocycles. The van der Waals surface area contributed by atoms with Crippen LogP contribution < -0.4 is 16.0 Å². The smallest absolute Gasteiger partial charge is 0.456 e. The van der Waals surface area contributed by atoms with Crippen LogP contribution in [0.25, 0.3) is 0 Å². The molecule has 0 amide bonds. The van der Waals surface area contributed by atoms with Crippen molar-refractivity contribution in [1.82, 2.24) is 9.97 Å². The highest BCUT2D eigenvalue weighted by atomic mass is 19.4. The van der Waals surface area contributed by atoms with Crippen molar-refractivity contribution in [2.45, 2.75) is 31.9 Å². The summed E-state index contributed by atoms with van der Waals surface area (Å²) in [4.78, 5) is 7.64. The molecule has 0 aliphatic heterocycles. The molecule has 1 aromatic rings. The van der Waals surface area contributed by atoms with Gasteiger partial charge < -0.3 is 10.2 Å². The molecule has 1 rings (SSSR count). The second-order valence-corrected chi connectivity index (χ2v) is 4.24. The Balaban J connectivity index is 2.90. The minimum absolute atomic E-state index is 0.0500. The first-order chi connectivity index (χ1) is 9.06. The first kappa shape index (κ1) is 16.3. The zero-order chi connectivity index (χ0) is 15.6. The number of alkyl halides is 5. The van der Waals surface area contributed by atoms with Crippen molar-refractivity contribution in [2.24, 2.45) is 5.84 Å². The van der Waals surface area contributed by atoms with E-state index in [4.69, 9.17) is 5.84 Å². The highest BCUT2D eigenvalue weighted by Crippen LogP contribution is 2.35. The second-order valence-electron chi connectivity index (χ2n) is 4.24. The summed E-state index contributed by atoms with van der Waals surface area (Å²) in [6, 6.07) is 1.03. The standard InChI is InChI=1S/C10H13F5N4O/c1-5(2)8-17-6(19-16)3-7(18-8)20-4-9(11,12)10(13,14)15/h3,5H,4,16H2,1-2H3,(H,17,18,19). The summed E-state index contributed by atoms with van der Waals surface area (Å²) >= 11 is 0. The molecule has 0 saturated heterocycles. The molecule has 0 bridgehead atoms. The van der Waals surface area contributed by atoms with Gasteiger partial charge in [0.2, 0.25) is 5.88 Å². The number of anilines is 1. The van der Waals surface area contributed by atoms with Crippen LogP contribution in [0.3, 0.4) is 0 Å². The molecular formula is C10H13F5N4O. The number of nitrogens with two attached hydrogens (primary N) is 1. The summed E-state index contributed by atoms with van der Waals surface area (Å²) in [5.74, 6) is -0.204. The van der Waals surface area contributed by atoms with Crippen molar-refractivity contribution in [1.29, 1.82) is 0 Å². The Labute approximate surface area is 111 Å². The zero-order valence-corrected chi connectivity index (χ0v) is 10.6. The molecular weight excluding hydrogens is 287 g/mol. The highest BCUT2D eigenvalue weighted by Gasteiger charge is 2.58. The van der Waals surface area contributed by atoms with Gasteiger partial charge in [-0.25, -0.2) is 10.8 Å². The zero-order valence-electron chi connectivity index (χ0n) is 10.6. The molecule has 0 aliphatic rings. The average Bonchev–Trinajstić information content (AvgIpc) is 2.34. The molecule has 0 unspecified atom stereocenters. The number of hydrogen-bond acceptors (Lipinski definition) is 5. The maximum atomic E-state index is 12.7. The van der Waals surface area contributed by atoms with Gasteiger partial charge in [0.25, 0.3) is 0 Å². The van der Waals surface area contributed by atoms with Crippen LogP contribution in [-0.4, -0.2) is 28.7 Å². The highest BCUT2D eigenvalue weighted by molar-refractivity contribution is 5.37. The molecule has 5 nitrogen and oxygen atoms in total. The van der Waals surface area contributed by atoms with Gasteiger partial charge >= 0.3 is 12.1 Å². The van der Waals surface area contributed by atoms with Crippen LogP contribution in [0.15, 0.2) is 6.07 Å². The third-order valence-corrected chi connectivity index (χ3v) is 2.20. The Morgan fingerprint density at radius 3 is 2.30 bits per heavy atom. The molecule has 0 spiro atoms. The van der Waals surface area contributed by atoms with E-state index in [1.165, 1.54) is 0 Å². The molecule has 0 radical (unpaired) electrons. The predicted molar refractivity (Wildman–Crippen MR) is 60.4 cm³/mol. The number of nitrogen functional groups attached to an aromatic ring is 1. The normalized spacial score (nSPS) is 12.7. The third kappa shape index (κ3) is 3.89. The molecule has 3 N–H and O–H groups in total. The fraction of sp³-hybridized carbons (Fsp3) is 0.600. The van der Waals surface area contributed by atoms with Crippen molar-refractivity contribution in [3.05, 3.63) is 11.9 Å². The lowest BCUT2D eigenvalue weighted by molar-refractivity contribution is -0.290. The van der Waals surface area contributed by atoms with Gasteiger partial charge in [-0.3, -0.25) is 0 Å². The maximum Gasteiger partial charge on any atom is 0.456 e. The van der Waals surface area contributed by atoms with Crippen LogP contribution in [0.1, 0.15) is 25.6 Å².